The first-order valence-electron chi connectivity index (χ1n) is 11.9. The first kappa shape index (κ1) is 23.7. The zero-order chi connectivity index (χ0) is 25.4. The summed E-state index contributed by atoms with van der Waals surface area (Å²) in [6.07, 6.45) is -0.00602. The zero-order valence-electron chi connectivity index (χ0n) is 20.4. The molecule has 1 aliphatic rings. The number of carbonyl (C=O) groups is 2. The Balaban J connectivity index is 1.34. The summed E-state index contributed by atoms with van der Waals surface area (Å²) < 4.78 is 21.0. The van der Waals surface area contributed by atoms with E-state index in [0.29, 0.717) is 29.9 Å². The summed E-state index contributed by atoms with van der Waals surface area (Å²) in [7, 11) is 0. The Morgan fingerprint density at radius 1 is 0.944 bits per heavy atom. The Bertz CT molecular complexity index is 1420. The van der Waals surface area contributed by atoms with Crippen molar-refractivity contribution in [1.82, 2.24) is 14.5 Å². The van der Waals surface area contributed by atoms with E-state index in [9.17, 15) is 14.0 Å². The van der Waals surface area contributed by atoms with Gasteiger partial charge in [0, 0.05) is 35.6 Å². The molecule has 2 heterocycles. The average Bonchev–Trinajstić information content (AvgIpc) is 3.19. The number of nitrogens with one attached hydrogen (secondary N) is 1. The summed E-state index contributed by atoms with van der Waals surface area (Å²) in [6.45, 7) is 6.89. The van der Waals surface area contributed by atoms with E-state index in [2.05, 4.69) is 10.3 Å². The minimum absolute atomic E-state index is 0.00301. The van der Waals surface area contributed by atoms with Gasteiger partial charge in [-0.15, -0.1) is 0 Å². The van der Waals surface area contributed by atoms with Crippen molar-refractivity contribution in [1.29, 1.82) is 0 Å². The van der Waals surface area contributed by atoms with E-state index in [0.717, 1.165) is 22.5 Å². The monoisotopic (exact) mass is 486 g/mol. The molecule has 8 heteroatoms. The fraction of sp³-hybridized carbons (Fsp3) is 0.250. The molecule has 3 aromatic carbocycles. The molecule has 1 aliphatic heterocycles. The highest BCUT2D eigenvalue weighted by molar-refractivity contribution is 6.06. The van der Waals surface area contributed by atoms with Crippen LogP contribution in [0.25, 0.3) is 16.7 Å². The number of hydrogen-bond acceptors (Lipinski definition) is 4. The van der Waals surface area contributed by atoms with Gasteiger partial charge in [0.05, 0.1) is 23.2 Å². The lowest BCUT2D eigenvalue weighted by atomic mass is 10.1. The molecule has 36 heavy (non-hydrogen) atoms. The van der Waals surface area contributed by atoms with Crippen molar-refractivity contribution >= 4 is 28.5 Å². The molecule has 5 rings (SSSR count). The fourth-order valence-electron chi connectivity index (χ4n) is 4.68. The van der Waals surface area contributed by atoms with Crippen molar-refractivity contribution in [2.24, 2.45) is 0 Å². The normalized spacial score (nSPS) is 17.8. The van der Waals surface area contributed by atoms with Crippen LogP contribution in [-0.2, 0) is 4.74 Å². The number of halogens is 1. The van der Waals surface area contributed by atoms with Gasteiger partial charge in [-0.1, -0.05) is 0 Å². The second-order valence-electron chi connectivity index (χ2n) is 9.17. The van der Waals surface area contributed by atoms with Crippen molar-refractivity contribution in [2.45, 2.75) is 33.0 Å². The maximum Gasteiger partial charge on any atom is 0.255 e. The number of ether oxygens (including phenoxy) is 1. The summed E-state index contributed by atoms with van der Waals surface area (Å²) in [4.78, 5) is 32.3. The van der Waals surface area contributed by atoms with Gasteiger partial charge in [0.1, 0.15) is 11.6 Å². The first-order chi connectivity index (χ1) is 17.3. The highest BCUT2D eigenvalue weighted by Crippen LogP contribution is 2.24. The minimum atomic E-state index is -0.317. The molecule has 0 unspecified atom stereocenters. The van der Waals surface area contributed by atoms with Crippen LogP contribution in [0.15, 0.2) is 66.7 Å². The standard InChI is InChI=1S/C28H27FN4O3/c1-17-15-32(16-18(2)36-17)28(35)20-4-9-23(10-5-20)31-27(34)21-6-13-25-26(14-21)33(19(3)30-25)24-11-7-22(29)8-12-24/h4-14,17-18H,15-16H2,1-3H3,(H,31,34)/t17-,18+. The second kappa shape index (κ2) is 9.54. The van der Waals surface area contributed by atoms with Crippen molar-refractivity contribution in [2.75, 3.05) is 18.4 Å². The Labute approximate surface area is 208 Å². The molecule has 0 aliphatic carbocycles. The van der Waals surface area contributed by atoms with Gasteiger partial charge in [0.2, 0.25) is 0 Å². The van der Waals surface area contributed by atoms with E-state index < -0.39 is 0 Å². The van der Waals surface area contributed by atoms with Crippen LogP contribution in [0, 0.1) is 12.7 Å². The molecule has 0 radical (unpaired) electrons. The summed E-state index contributed by atoms with van der Waals surface area (Å²) in [5.41, 5.74) is 3.86. The van der Waals surface area contributed by atoms with Crippen molar-refractivity contribution in [3.05, 3.63) is 89.5 Å². The van der Waals surface area contributed by atoms with Crippen LogP contribution in [0.3, 0.4) is 0 Å². The highest BCUT2D eigenvalue weighted by atomic mass is 19.1. The number of amides is 2. The number of anilines is 1. The highest BCUT2D eigenvalue weighted by Gasteiger charge is 2.26. The number of aromatic nitrogens is 2. The molecule has 2 amide bonds. The largest absolute Gasteiger partial charge is 0.372 e. The molecule has 0 bridgehead atoms. The Morgan fingerprint density at radius 2 is 1.58 bits per heavy atom. The Hall–Kier alpha value is -4.04. The van der Waals surface area contributed by atoms with Crippen LogP contribution in [0.2, 0.25) is 0 Å². The summed E-state index contributed by atoms with van der Waals surface area (Å²) in [6, 6.07) is 18.3. The van der Waals surface area contributed by atoms with Gasteiger partial charge in [-0.05, 0) is 87.5 Å². The van der Waals surface area contributed by atoms with Crippen LogP contribution in [-0.4, -0.2) is 51.6 Å². The maximum absolute atomic E-state index is 13.4. The maximum atomic E-state index is 13.4. The van der Waals surface area contributed by atoms with Gasteiger partial charge in [-0.2, -0.15) is 0 Å². The van der Waals surface area contributed by atoms with E-state index in [4.69, 9.17) is 4.74 Å². The number of rotatable bonds is 4. The third-order valence-corrected chi connectivity index (χ3v) is 6.27. The van der Waals surface area contributed by atoms with E-state index in [1.54, 1.807) is 59.5 Å². The number of fused-ring (bicyclic) bond motifs is 1. The van der Waals surface area contributed by atoms with Gasteiger partial charge in [-0.3, -0.25) is 14.2 Å². The number of hydrogen-bond donors (Lipinski definition) is 1. The van der Waals surface area contributed by atoms with Gasteiger partial charge in [0.15, 0.2) is 0 Å². The molecular weight excluding hydrogens is 459 g/mol. The second-order valence-corrected chi connectivity index (χ2v) is 9.17. The van der Waals surface area contributed by atoms with Gasteiger partial charge in [-0.25, -0.2) is 9.37 Å². The molecule has 1 saturated heterocycles. The van der Waals surface area contributed by atoms with Crippen LogP contribution in [0.5, 0.6) is 0 Å². The first-order valence-corrected chi connectivity index (χ1v) is 11.9. The molecule has 0 saturated carbocycles. The number of aryl methyl sites for hydroxylation is 1. The lowest BCUT2D eigenvalue weighted by Crippen LogP contribution is -2.48. The topological polar surface area (TPSA) is 76.5 Å². The molecule has 7 nitrogen and oxygen atoms in total. The number of nitrogens with zero attached hydrogens (tertiary/aromatic N) is 3. The van der Waals surface area contributed by atoms with E-state index >= 15 is 0 Å². The molecular formula is C28H27FN4O3. The molecule has 1 N–H and O–H groups in total. The van der Waals surface area contributed by atoms with Crippen LogP contribution in [0.4, 0.5) is 10.1 Å². The van der Waals surface area contributed by atoms with Crippen LogP contribution in [0.1, 0.15) is 40.4 Å². The predicted molar refractivity (Wildman–Crippen MR) is 136 cm³/mol. The van der Waals surface area contributed by atoms with E-state index in [1.165, 1.54) is 12.1 Å². The molecule has 4 aromatic rings. The smallest absolute Gasteiger partial charge is 0.255 e. The van der Waals surface area contributed by atoms with Crippen molar-refractivity contribution in [3.8, 4) is 5.69 Å². The zero-order valence-corrected chi connectivity index (χ0v) is 20.4. The number of imidazole rings is 1. The van der Waals surface area contributed by atoms with E-state index in [1.807, 2.05) is 25.3 Å². The van der Waals surface area contributed by atoms with Crippen molar-refractivity contribution < 1.29 is 18.7 Å². The third kappa shape index (κ3) is 4.72. The third-order valence-electron chi connectivity index (χ3n) is 6.27. The predicted octanol–water partition coefficient (Wildman–Crippen LogP) is 4.97. The van der Waals surface area contributed by atoms with Gasteiger partial charge < -0.3 is 15.0 Å². The SMILES string of the molecule is Cc1nc2ccc(C(=O)Nc3ccc(C(=O)N4C[C@@H](C)O[C@@H](C)C4)cc3)cc2n1-c1ccc(F)cc1. The minimum Gasteiger partial charge on any atom is -0.372 e. The van der Waals surface area contributed by atoms with Crippen molar-refractivity contribution in [3.63, 3.8) is 0 Å². The van der Waals surface area contributed by atoms with Crippen LogP contribution < -0.4 is 5.32 Å². The molecule has 1 fully saturated rings. The Morgan fingerprint density at radius 3 is 2.25 bits per heavy atom. The van der Waals surface area contributed by atoms with Gasteiger partial charge in [0.25, 0.3) is 11.8 Å². The average molecular weight is 487 g/mol. The molecule has 0 spiro atoms. The lowest BCUT2D eigenvalue weighted by Gasteiger charge is -2.35. The molecule has 184 valence electrons. The summed E-state index contributed by atoms with van der Waals surface area (Å²) in [5.74, 6) is 0.0854. The summed E-state index contributed by atoms with van der Waals surface area (Å²) >= 11 is 0. The Kier molecular flexibility index (Phi) is 6.28. The molecule has 1 aromatic heterocycles. The van der Waals surface area contributed by atoms with E-state index in [-0.39, 0.29) is 29.8 Å². The number of morpholine rings is 1. The van der Waals surface area contributed by atoms with Crippen LogP contribution >= 0.6 is 0 Å². The fourth-order valence-corrected chi connectivity index (χ4v) is 4.68. The number of carbonyl (C=O) groups excluding carboxylic acids is 2. The quantitative estimate of drug-likeness (QED) is 0.442. The summed E-state index contributed by atoms with van der Waals surface area (Å²) in [5, 5.41) is 2.89. The molecule has 2 atom stereocenters. The van der Waals surface area contributed by atoms with Gasteiger partial charge >= 0.3 is 0 Å². The number of benzene rings is 3. The lowest BCUT2D eigenvalue weighted by molar-refractivity contribution is -0.0586.